The first-order valence-electron chi connectivity index (χ1n) is 4.49. The lowest BCUT2D eigenvalue weighted by Gasteiger charge is -2.05. The van der Waals surface area contributed by atoms with Gasteiger partial charge in [0.1, 0.15) is 6.04 Å². The Kier molecular flexibility index (Phi) is 6.14. The Bertz CT molecular complexity index is 313. The highest BCUT2D eigenvalue weighted by atomic mass is 32.2. The second-order valence-electron chi connectivity index (χ2n) is 3.05. The molecular formula is C8H16N2O4S. The van der Waals surface area contributed by atoms with E-state index in [1.807, 2.05) is 0 Å². The van der Waals surface area contributed by atoms with Gasteiger partial charge in [0.05, 0.1) is 0 Å². The van der Waals surface area contributed by atoms with Gasteiger partial charge in [0, 0.05) is 12.0 Å². The zero-order valence-corrected chi connectivity index (χ0v) is 9.16. The van der Waals surface area contributed by atoms with Gasteiger partial charge in [0.25, 0.3) is 0 Å². The van der Waals surface area contributed by atoms with E-state index in [9.17, 15) is 13.2 Å². The smallest absolute Gasteiger partial charge is 0.320 e. The van der Waals surface area contributed by atoms with Crippen LogP contribution in [0.15, 0.2) is 12.0 Å². The van der Waals surface area contributed by atoms with E-state index < -0.39 is 22.0 Å². The zero-order chi connectivity index (χ0) is 11.9. The first-order valence-corrected chi connectivity index (χ1v) is 6.04. The Morgan fingerprint density at radius 3 is 2.60 bits per heavy atom. The summed E-state index contributed by atoms with van der Waals surface area (Å²) >= 11 is 0. The molecule has 0 unspecified atom stereocenters. The Morgan fingerprint density at radius 1 is 1.53 bits per heavy atom. The number of nitrogens with two attached hydrogens (primary N) is 1. The molecule has 0 amide bonds. The maximum atomic E-state index is 10.9. The van der Waals surface area contributed by atoms with Gasteiger partial charge in [-0.15, -0.1) is 0 Å². The maximum absolute atomic E-state index is 10.9. The largest absolute Gasteiger partial charge is 0.480 e. The number of carboxylic acids is 1. The van der Waals surface area contributed by atoms with Crippen molar-refractivity contribution in [3.63, 3.8) is 0 Å². The van der Waals surface area contributed by atoms with Crippen molar-refractivity contribution in [1.82, 2.24) is 4.72 Å². The number of sulfonamides is 1. The molecular weight excluding hydrogens is 220 g/mol. The normalized spacial score (nSPS) is 13.4. The van der Waals surface area contributed by atoms with Gasteiger partial charge >= 0.3 is 5.97 Å². The topological polar surface area (TPSA) is 109 Å². The van der Waals surface area contributed by atoms with Crippen LogP contribution < -0.4 is 10.5 Å². The van der Waals surface area contributed by atoms with E-state index in [1.165, 1.54) is 0 Å². The molecule has 7 heteroatoms. The number of nitrogens with one attached hydrogen (secondary N) is 1. The summed E-state index contributed by atoms with van der Waals surface area (Å²) in [5.74, 6) is -1.04. The van der Waals surface area contributed by atoms with Crippen molar-refractivity contribution in [3.8, 4) is 0 Å². The van der Waals surface area contributed by atoms with Gasteiger partial charge in [-0.25, -0.2) is 13.1 Å². The molecule has 0 aromatic rings. The van der Waals surface area contributed by atoms with Gasteiger partial charge in [-0.2, -0.15) is 0 Å². The van der Waals surface area contributed by atoms with Crippen LogP contribution in [0.2, 0.25) is 0 Å². The molecule has 0 rings (SSSR count). The molecule has 0 aromatic carbocycles. The van der Waals surface area contributed by atoms with Crippen LogP contribution in [0.4, 0.5) is 0 Å². The Morgan fingerprint density at radius 2 is 2.13 bits per heavy atom. The van der Waals surface area contributed by atoms with E-state index in [0.717, 1.165) is 5.41 Å². The molecule has 0 aliphatic heterocycles. The van der Waals surface area contributed by atoms with Crippen molar-refractivity contribution in [2.24, 2.45) is 5.73 Å². The van der Waals surface area contributed by atoms with Gasteiger partial charge in [-0.05, 0) is 12.8 Å². The number of unbranched alkanes of at least 4 members (excludes halogenated alkanes) is 1. The number of carbonyl (C=O) groups is 1. The highest BCUT2D eigenvalue weighted by Gasteiger charge is 2.10. The fraction of sp³-hybridized carbons (Fsp3) is 0.625. The average molecular weight is 236 g/mol. The minimum atomic E-state index is -3.37. The van der Waals surface area contributed by atoms with Crippen molar-refractivity contribution in [2.45, 2.75) is 25.3 Å². The monoisotopic (exact) mass is 236 g/mol. The van der Waals surface area contributed by atoms with Crippen LogP contribution in [0.3, 0.4) is 0 Å². The lowest BCUT2D eigenvalue weighted by atomic mass is 10.1. The third-order valence-electron chi connectivity index (χ3n) is 1.78. The standard InChI is InChI=1S/C8H16N2O4S/c1-2-15(13,14)10-6-4-3-5-7(9)8(11)12/h2,7,10H,1,3-6,9H2,(H,11,12)/t7-/m0/s1. The summed E-state index contributed by atoms with van der Waals surface area (Å²) in [7, 11) is -3.37. The fourth-order valence-electron chi connectivity index (χ4n) is 0.886. The minimum absolute atomic E-state index is 0.265. The predicted molar refractivity (Wildman–Crippen MR) is 56.6 cm³/mol. The molecule has 0 bridgehead atoms. The van der Waals surface area contributed by atoms with Crippen molar-refractivity contribution in [2.75, 3.05) is 6.54 Å². The molecule has 6 nitrogen and oxygen atoms in total. The Hall–Kier alpha value is -0.920. The van der Waals surface area contributed by atoms with E-state index in [-0.39, 0.29) is 6.54 Å². The van der Waals surface area contributed by atoms with E-state index in [1.54, 1.807) is 0 Å². The van der Waals surface area contributed by atoms with Crippen LogP contribution in [0.1, 0.15) is 19.3 Å². The van der Waals surface area contributed by atoms with E-state index in [0.29, 0.717) is 19.3 Å². The summed E-state index contributed by atoms with van der Waals surface area (Å²) in [5, 5.41) is 9.29. The van der Waals surface area contributed by atoms with Gasteiger partial charge < -0.3 is 10.8 Å². The molecule has 1 atom stereocenters. The first kappa shape index (κ1) is 14.1. The third kappa shape index (κ3) is 7.06. The summed E-state index contributed by atoms with van der Waals surface area (Å²) in [6, 6.07) is -0.874. The lowest BCUT2D eigenvalue weighted by Crippen LogP contribution is -2.30. The number of carboxylic acid groups (broad SMARTS) is 1. The highest BCUT2D eigenvalue weighted by Crippen LogP contribution is 1.98. The van der Waals surface area contributed by atoms with Crippen LogP contribution in [-0.4, -0.2) is 32.1 Å². The molecule has 0 saturated heterocycles. The summed E-state index contributed by atoms with van der Waals surface area (Å²) in [4.78, 5) is 10.3. The summed E-state index contributed by atoms with van der Waals surface area (Å²) in [6.45, 7) is 3.40. The molecule has 0 aliphatic carbocycles. The van der Waals surface area contributed by atoms with Crippen molar-refractivity contribution in [3.05, 3.63) is 12.0 Å². The second kappa shape index (κ2) is 6.54. The number of hydrogen-bond acceptors (Lipinski definition) is 4. The second-order valence-corrected chi connectivity index (χ2v) is 4.76. The number of aliphatic carboxylic acids is 1. The molecule has 0 heterocycles. The highest BCUT2D eigenvalue weighted by molar-refractivity contribution is 7.92. The van der Waals surface area contributed by atoms with Crippen molar-refractivity contribution < 1.29 is 18.3 Å². The molecule has 88 valence electrons. The number of rotatable bonds is 8. The molecule has 0 spiro atoms. The van der Waals surface area contributed by atoms with Gasteiger partial charge in [0.15, 0.2) is 0 Å². The van der Waals surface area contributed by atoms with Crippen LogP contribution in [-0.2, 0) is 14.8 Å². The third-order valence-corrected chi connectivity index (χ3v) is 2.83. The Balaban J connectivity index is 3.57. The van der Waals surface area contributed by atoms with E-state index >= 15 is 0 Å². The molecule has 15 heavy (non-hydrogen) atoms. The minimum Gasteiger partial charge on any atom is -0.480 e. The predicted octanol–water partition coefficient (Wildman–Crippen LogP) is -0.368. The van der Waals surface area contributed by atoms with E-state index in [4.69, 9.17) is 10.8 Å². The van der Waals surface area contributed by atoms with E-state index in [2.05, 4.69) is 11.3 Å². The summed E-state index contributed by atoms with van der Waals surface area (Å²) < 4.78 is 24.0. The quantitative estimate of drug-likeness (QED) is 0.498. The molecule has 0 aliphatic rings. The van der Waals surface area contributed by atoms with Crippen LogP contribution in [0.25, 0.3) is 0 Å². The zero-order valence-electron chi connectivity index (χ0n) is 8.35. The summed E-state index contributed by atoms with van der Waals surface area (Å²) in [5.41, 5.74) is 5.26. The van der Waals surface area contributed by atoms with Crippen LogP contribution in [0, 0.1) is 0 Å². The number of hydrogen-bond donors (Lipinski definition) is 3. The Labute approximate surface area is 89.2 Å². The van der Waals surface area contributed by atoms with Crippen LogP contribution >= 0.6 is 0 Å². The van der Waals surface area contributed by atoms with Crippen molar-refractivity contribution in [1.29, 1.82) is 0 Å². The van der Waals surface area contributed by atoms with Gasteiger partial charge in [0.2, 0.25) is 10.0 Å². The van der Waals surface area contributed by atoms with Gasteiger partial charge in [-0.1, -0.05) is 13.0 Å². The lowest BCUT2D eigenvalue weighted by molar-refractivity contribution is -0.138. The SMILES string of the molecule is C=CS(=O)(=O)NCCCC[C@H](N)C(=O)O. The van der Waals surface area contributed by atoms with Crippen LogP contribution in [0.5, 0.6) is 0 Å². The molecule has 0 saturated carbocycles. The molecule has 0 radical (unpaired) electrons. The molecule has 0 aromatic heterocycles. The van der Waals surface area contributed by atoms with Crippen molar-refractivity contribution >= 4 is 16.0 Å². The molecule has 4 N–H and O–H groups in total. The molecule has 0 fully saturated rings. The van der Waals surface area contributed by atoms with Gasteiger partial charge in [-0.3, -0.25) is 4.79 Å². The summed E-state index contributed by atoms with van der Waals surface area (Å²) in [6.07, 6.45) is 1.45. The average Bonchev–Trinajstić information content (AvgIpc) is 2.16. The fourth-order valence-corrected chi connectivity index (χ4v) is 1.43. The first-order chi connectivity index (χ1) is 6.89. The maximum Gasteiger partial charge on any atom is 0.320 e.